The molecule has 1 heterocycles. The number of nitrogens with zero attached hydrogens (tertiary/aromatic N) is 1. The van der Waals surface area contributed by atoms with Crippen molar-refractivity contribution in [2.24, 2.45) is 10.9 Å². The van der Waals surface area contributed by atoms with Crippen LogP contribution in [0.25, 0.3) is 5.57 Å². The monoisotopic (exact) mass is 227 g/mol. The van der Waals surface area contributed by atoms with Gasteiger partial charge in [0, 0.05) is 10.8 Å². The van der Waals surface area contributed by atoms with Crippen LogP contribution >= 0.6 is 0 Å². The van der Waals surface area contributed by atoms with Crippen LogP contribution in [0.3, 0.4) is 0 Å². The minimum absolute atomic E-state index is 0.0150. The van der Waals surface area contributed by atoms with Gasteiger partial charge in [0.1, 0.15) is 0 Å². The van der Waals surface area contributed by atoms with Crippen molar-refractivity contribution in [2.75, 3.05) is 0 Å². The van der Waals surface area contributed by atoms with Crippen LogP contribution in [-0.4, -0.2) is 5.91 Å². The maximum atomic E-state index is 12.1. The zero-order valence-electron chi connectivity index (χ0n) is 10.2. The van der Waals surface area contributed by atoms with Crippen LogP contribution in [0.4, 0.5) is 0 Å². The molecule has 17 heavy (non-hydrogen) atoms. The van der Waals surface area contributed by atoms with E-state index in [4.69, 9.17) is 0 Å². The number of rotatable bonds is 1. The number of para-hydroxylation sites is 1. The van der Waals surface area contributed by atoms with Gasteiger partial charge in [0.15, 0.2) is 0 Å². The molecule has 0 atom stereocenters. The van der Waals surface area contributed by atoms with Gasteiger partial charge < -0.3 is 0 Å². The number of hydrogen-bond acceptors (Lipinski definition) is 1. The van der Waals surface area contributed by atoms with E-state index in [0.717, 1.165) is 34.6 Å². The summed E-state index contributed by atoms with van der Waals surface area (Å²) >= 11 is 0. The average molecular weight is 227 g/mol. The van der Waals surface area contributed by atoms with E-state index >= 15 is 0 Å². The van der Waals surface area contributed by atoms with Gasteiger partial charge in [-0.2, -0.15) is 0 Å². The number of carbonyl (C=O) groups is 1. The zero-order chi connectivity index (χ0) is 11.8. The predicted molar refractivity (Wildman–Crippen MR) is 67.0 cm³/mol. The van der Waals surface area contributed by atoms with Gasteiger partial charge in [-0.15, -0.1) is 0 Å². The van der Waals surface area contributed by atoms with Gasteiger partial charge in [-0.25, -0.2) is 4.99 Å². The van der Waals surface area contributed by atoms with E-state index in [-0.39, 0.29) is 5.91 Å². The first kappa shape index (κ1) is 10.7. The summed E-state index contributed by atoms with van der Waals surface area (Å²) < 4.78 is 0. The summed E-state index contributed by atoms with van der Waals surface area (Å²) in [6.45, 7) is 2.03. The normalized spacial score (nSPS) is 20.3. The van der Waals surface area contributed by atoms with Crippen LogP contribution in [0.15, 0.2) is 23.2 Å². The number of aryl methyl sites for hydroxylation is 1. The quantitative estimate of drug-likeness (QED) is 0.720. The molecular formula is C15H17NO. The van der Waals surface area contributed by atoms with Crippen molar-refractivity contribution in [1.82, 2.24) is 0 Å². The van der Waals surface area contributed by atoms with E-state index in [1.54, 1.807) is 0 Å². The second-order valence-corrected chi connectivity index (χ2v) is 5.14. The fraction of sp³-hybridized carbons (Fsp3) is 0.467. The van der Waals surface area contributed by atoms with Crippen LogP contribution in [0.5, 0.6) is 0 Å². The molecule has 0 saturated heterocycles. The summed E-state index contributed by atoms with van der Waals surface area (Å²) in [5.41, 5.74) is 2.10. The summed E-state index contributed by atoms with van der Waals surface area (Å²) in [5.74, 6) is 0.462. The third-order valence-corrected chi connectivity index (χ3v) is 3.99. The van der Waals surface area contributed by atoms with E-state index in [9.17, 15) is 4.79 Å². The Morgan fingerprint density at radius 2 is 1.94 bits per heavy atom. The Labute approximate surface area is 101 Å². The molecule has 0 N–H and O–H groups in total. The fourth-order valence-electron chi connectivity index (χ4n) is 3.09. The van der Waals surface area contributed by atoms with E-state index in [0.29, 0.717) is 5.92 Å². The Kier molecular flexibility index (Phi) is 2.58. The third-order valence-electron chi connectivity index (χ3n) is 3.99. The maximum absolute atomic E-state index is 12.1. The number of fused-ring (bicyclic) bond motifs is 1. The first-order chi connectivity index (χ1) is 8.27. The molecule has 2 heteroatoms. The molecule has 0 unspecified atom stereocenters. The lowest BCUT2D eigenvalue weighted by molar-refractivity contribution is -0.113. The molecule has 3 rings (SSSR count). The van der Waals surface area contributed by atoms with Crippen molar-refractivity contribution >= 4 is 11.5 Å². The van der Waals surface area contributed by atoms with Crippen LogP contribution < -0.4 is 10.6 Å². The van der Waals surface area contributed by atoms with Gasteiger partial charge in [0.2, 0.25) is 0 Å². The molecule has 88 valence electrons. The van der Waals surface area contributed by atoms with Gasteiger partial charge >= 0.3 is 0 Å². The Balaban J connectivity index is 2.18. The lowest BCUT2D eigenvalue weighted by atomic mass is 9.83. The SMILES string of the molecule is Cc1cccc2c1=NC(=O)C=2C1CCCCC1. The average Bonchev–Trinajstić information content (AvgIpc) is 2.68. The highest BCUT2D eigenvalue weighted by atomic mass is 16.1. The first-order valence-electron chi connectivity index (χ1n) is 6.50. The Bertz CT molecular complexity index is 579. The molecule has 2 aliphatic rings. The summed E-state index contributed by atoms with van der Waals surface area (Å²) in [5, 5.41) is 2.01. The molecule has 1 aliphatic carbocycles. The second-order valence-electron chi connectivity index (χ2n) is 5.14. The first-order valence-corrected chi connectivity index (χ1v) is 6.50. The lowest BCUT2D eigenvalue weighted by Gasteiger charge is -2.21. The van der Waals surface area contributed by atoms with Crippen LogP contribution in [0, 0.1) is 12.8 Å². The molecule has 0 aromatic heterocycles. The molecule has 1 aromatic rings. The molecule has 2 nitrogen and oxygen atoms in total. The van der Waals surface area contributed by atoms with Crippen LogP contribution in [0.1, 0.15) is 37.7 Å². The minimum Gasteiger partial charge on any atom is -0.267 e. The molecule has 1 fully saturated rings. The number of amides is 1. The van der Waals surface area contributed by atoms with E-state index in [1.165, 1.54) is 19.3 Å². The Morgan fingerprint density at radius 3 is 2.71 bits per heavy atom. The molecule has 1 saturated carbocycles. The molecule has 0 radical (unpaired) electrons. The van der Waals surface area contributed by atoms with Crippen molar-refractivity contribution in [3.05, 3.63) is 34.3 Å². The Morgan fingerprint density at radius 1 is 1.18 bits per heavy atom. The van der Waals surface area contributed by atoms with E-state index in [1.807, 2.05) is 19.1 Å². The van der Waals surface area contributed by atoms with E-state index < -0.39 is 0 Å². The van der Waals surface area contributed by atoms with Gasteiger partial charge in [0.25, 0.3) is 5.91 Å². The summed E-state index contributed by atoms with van der Waals surface area (Å²) in [4.78, 5) is 16.3. The minimum atomic E-state index is 0.0150. The predicted octanol–water partition coefficient (Wildman–Crippen LogP) is 1.89. The molecule has 1 aliphatic heterocycles. The number of hydrogen-bond donors (Lipinski definition) is 0. The largest absolute Gasteiger partial charge is 0.274 e. The second kappa shape index (κ2) is 4.10. The standard InChI is InChI=1S/C15H17NO/c1-10-6-5-9-12-13(15(17)16-14(10)12)11-7-3-2-4-8-11/h5-6,9,11H,2-4,7-8H2,1H3. The molecule has 1 amide bonds. The summed E-state index contributed by atoms with van der Waals surface area (Å²) in [6.07, 6.45) is 6.13. The van der Waals surface area contributed by atoms with Gasteiger partial charge in [-0.05, 0) is 31.2 Å². The highest BCUT2D eigenvalue weighted by Crippen LogP contribution is 2.31. The maximum Gasteiger partial charge on any atom is 0.274 e. The van der Waals surface area contributed by atoms with Crippen molar-refractivity contribution < 1.29 is 4.79 Å². The molecule has 0 spiro atoms. The van der Waals surface area contributed by atoms with Gasteiger partial charge in [-0.3, -0.25) is 4.79 Å². The van der Waals surface area contributed by atoms with E-state index in [2.05, 4.69) is 11.1 Å². The van der Waals surface area contributed by atoms with Gasteiger partial charge in [-0.1, -0.05) is 37.5 Å². The fourth-order valence-corrected chi connectivity index (χ4v) is 3.09. The van der Waals surface area contributed by atoms with Crippen LogP contribution in [-0.2, 0) is 4.79 Å². The van der Waals surface area contributed by atoms with Crippen molar-refractivity contribution in [1.29, 1.82) is 0 Å². The topological polar surface area (TPSA) is 29.4 Å². The third kappa shape index (κ3) is 1.72. The summed E-state index contributed by atoms with van der Waals surface area (Å²) in [6, 6.07) is 6.12. The number of benzene rings is 1. The lowest BCUT2D eigenvalue weighted by Crippen LogP contribution is -2.28. The van der Waals surface area contributed by atoms with Crippen molar-refractivity contribution in [3.8, 4) is 0 Å². The van der Waals surface area contributed by atoms with Crippen LogP contribution in [0.2, 0.25) is 0 Å². The molecule has 0 bridgehead atoms. The summed E-state index contributed by atoms with van der Waals surface area (Å²) in [7, 11) is 0. The Hall–Kier alpha value is -1.44. The number of carbonyl (C=O) groups excluding carboxylic acids is 1. The van der Waals surface area contributed by atoms with Crippen molar-refractivity contribution in [3.63, 3.8) is 0 Å². The van der Waals surface area contributed by atoms with Gasteiger partial charge in [0.05, 0.1) is 5.36 Å². The highest BCUT2D eigenvalue weighted by molar-refractivity contribution is 6.16. The zero-order valence-corrected chi connectivity index (χ0v) is 10.2. The molecule has 1 aromatic carbocycles. The smallest absolute Gasteiger partial charge is 0.267 e. The molecular weight excluding hydrogens is 210 g/mol. The van der Waals surface area contributed by atoms with Crippen molar-refractivity contribution in [2.45, 2.75) is 39.0 Å². The highest BCUT2D eigenvalue weighted by Gasteiger charge is 2.26.